The predicted octanol–water partition coefficient (Wildman–Crippen LogP) is 3.24. The first-order chi connectivity index (χ1) is 9.95. The van der Waals surface area contributed by atoms with Crippen molar-refractivity contribution < 1.29 is 0 Å². The van der Waals surface area contributed by atoms with Crippen LogP contribution in [0, 0.1) is 5.92 Å². The fourth-order valence-electron chi connectivity index (χ4n) is 3.34. The second kappa shape index (κ2) is 7.41. The number of hydrogen-bond acceptors (Lipinski definition) is 3. The van der Waals surface area contributed by atoms with Gasteiger partial charge in [0.2, 0.25) is 0 Å². The van der Waals surface area contributed by atoms with Crippen LogP contribution in [-0.4, -0.2) is 41.4 Å². The molecule has 0 aliphatic heterocycles. The molecule has 1 saturated carbocycles. The van der Waals surface area contributed by atoms with E-state index < -0.39 is 0 Å². The van der Waals surface area contributed by atoms with Crippen LogP contribution in [0.25, 0.3) is 0 Å². The Balaban J connectivity index is 1.79. The molecular weight excluding hydrogens is 260 g/mol. The van der Waals surface area contributed by atoms with Crippen LogP contribution in [0.2, 0.25) is 0 Å². The Bertz CT molecular complexity index is 416. The van der Waals surface area contributed by atoms with Crippen LogP contribution in [0.3, 0.4) is 0 Å². The van der Waals surface area contributed by atoms with Crippen LogP contribution < -0.4 is 5.32 Å². The molecule has 0 spiro atoms. The third-order valence-electron chi connectivity index (χ3n) is 4.61. The van der Waals surface area contributed by atoms with Gasteiger partial charge >= 0.3 is 0 Å². The van der Waals surface area contributed by atoms with Crippen LogP contribution in [0.1, 0.15) is 64.1 Å². The van der Waals surface area contributed by atoms with Gasteiger partial charge in [0.05, 0.1) is 6.20 Å². The average Bonchev–Trinajstić information content (AvgIpc) is 2.90. The zero-order chi connectivity index (χ0) is 15.4. The van der Waals surface area contributed by atoms with Crippen molar-refractivity contribution in [2.75, 3.05) is 20.6 Å². The molecule has 0 aromatic carbocycles. The number of nitrogens with zero attached hydrogens (tertiary/aromatic N) is 3. The molecule has 4 nitrogen and oxygen atoms in total. The third kappa shape index (κ3) is 4.82. The largest absolute Gasteiger partial charge is 0.309 e. The Morgan fingerprint density at radius 1 is 1.24 bits per heavy atom. The highest BCUT2D eigenvalue weighted by Gasteiger charge is 2.23. The second-order valence-electron chi connectivity index (χ2n) is 7.22. The quantitative estimate of drug-likeness (QED) is 0.874. The van der Waals surface area contributed by atoms with Crippen molar-refractivity contribution in [2.45, 2.75) is 64.6 Å². The molecular formula is C17H32N4. The van der Waals surface area contributed by atoms with E-state index in [0.717, 1.165) is 5.92 Å². The lowest BCUT2D eigenvalue weighted by atomic mass is 9.85. The molecule has 0 amide bonds. The van der Waals surface area contributed by atoms with Gasteiger partial charge in [-0.05, 0) is 66.5 Å². The monoisotopic (exact) mass is 292 g/mol. The van der Waals surface area contributed by atoms with Crippen LogP contribution in [0.5, 0.6) is 0 Å². The minimum atomic E-state index is 0.396. The Morgan fingerprint density at radius 3 is 2.43 bits per heavy atom. The van der Waals surface area contributed by atoms with Crippen molar-refractivity contribution >= 4 is 0 Å². The minimum absolute atomic E-state index is 0.396. The van der Waals surface area contributed by atoms with E-state index in [9.17, 15) is 0 Å². The first-order valence-electron chi connectivity index (χ1n) is 8.40. The van der Waals surface area contributed by atoms with Crippen molar-refractivity contribution in [3.8, 4) is 0 Å². The summed E-state index contributed by atoms with van der Waals surface area (Å²) in [4.78, 5) is 2.32. The fourth-order valence-corrected chi connectivity index (χ4v) is 3.34. The van der Waals surface area contributed by atoms with Gasteiger partial charge in [-0.3, -0.25) is 4.68 Å². The van der Waals surface area contributed by atoms with Gasteiger partial charge in [-0.1, -0.05) is 0 Å². The Morgan fingerprint density at radius 2 is 1.90 bits per heavy atom. The molecule has 1 aromatic heterocycles. The van der Waals surface area contributed by atoms with Gasteiger partial charge in [-0.15, -0.1) is 0 Å². The molecule has 1 aliphatic carbocycles. The predicted molar refractivity (Wildman–Crippen MR) is 88.5 cm³/mol. The van der Waals surface area contributed by atoms with E-state index in [1.165, 1.54) is 37.8 Å². The van der Waals surface area contributed by atoms with Gasteiger partial charge in [0.25, 0.3) is 0 Å². The van der Waals surface area contributed by atoms with Crippen molar-refractivity contribution in [2.24, 2.45) is 5.92 Å². The number of nitrogens with one attached hydrogen (secondary N) is 1. The smallest absolute Gasteiger partial charge is 0.0537 e. The van der Waals surface area contributed by atoms with E-state index in [1.807, 2.05) is 10.9 Å². The molecule has 1 aliphatic rings. The Labute approximate surface area is 129 Å². The van der Waals surface area contributed by atoms with E-state index in [4.69, 9.17) is 0 Å². The van der Waals surface area contributed by atoms with E-state index >= 15 is 0 Å². The summed E-state index contributed by atoms with van der Waals surface area (Å²) in [7, 11) is 4.36. The number of hydrogen-bond donors (Lipinski definition) is 1. The van der Waals surface area contributed by atoms with E-state index in [-0.39, 0.29) is 0 Å². The zero-order valence-corrected chi connectivity index (χ0v) is 14.3. The van der Waals surface area contributed by atoms with Gasteiger partial charge in [0, 0.05) is 36.4 Å². The van der Waals surface area contributed by atoms with Gasteiger partial charge in [-0.2, -0.15) is 5.10 Å². The molecule has 0 bridgehead atoms. The molecule has 0 saturated heterocycles. The van der Waals surface area contributed by atoms with Crippen LogP contribution in [0.15, 0.2) is 12.4 Å². The van der Waals surface area contributed by atoms with Crippen molar-refractivity contribution in [3.05, 3.63) is 18.0 Å². The van der Waals surface area contributed by atoms with Gasteiger partial charge in [0.1, 0.15) is 0 Å². The molecule has 1 aromatic rings. The molecule has 1 N–H and O–H groups in total. The van der Waals surface area contributed by atoms with E-state index in [1.54, 1.807) is 0 Å². The lowest BCUT2D eigenvalue weighted by Crippen LogP contribution is -2.36. The van der Waals surface area contributed by atoms with Gasteiger partial charge in [-0.25, -0.2) is 0 Å². The van der Waals surface area contributed by atoms with E-state index in [0.29, 0.717) is 18.1 Å². The number of rotatable bonds is 6. The molecule has 1 fully saturated rings. The molecule has 2 rings (SSSR count). The highest BCUT2D eigenvalue weighted by molar-refractivity contribution is 5.10. The summed E-state index contributed by atoms with van der Waals surface area (Å²) >= 11 is 0. The summed E-state index contributed by atoms with van der Waals surface area (Å²) in [6.07, 6.45) is 9.51. The molecule has 0 unspecified atom stereocenters. The molecule has 4 heteroatoms. The maximum Gasteiger partial charge on any atom is 0.0537 e. The van der Waals surface area contributed by atoms with Crippen LogP contribution in [-0.2, 0) is 0 Å². The summed E-state index contributed by atoms with van der Waals surface area (Å²) in [5.41, 5.74) is 1.30. The standard InChI is InChI=1S/C17H32N4/c1-13(2)21-12-16(10-18-21)14(3)19-17-8-6-15(7-9-17)11-20(4)5/h10,12-15,17,19H,6-9,11H2,1-5H3/t14-,15?,17?/m1/s1. The second-order valence-corrected chi connectivity index (χ2v) is 7.22. The lowest BCUT2D eigenvalue weighted by Gasteiger charge is -2.32. The number of aromatic nitrogens is 2. The van der Waals surface area contributed by atoms with Crippen LogP contribution >= 0.6 is 0 Å². The molecule has 21 heavy (non-hydrogen) atoms. The lowest BCUT2D eigenvalue weighted by molar-refractivity contribution is 0.228. The van der Waals surface area contributed by atoms with Gasteiger partial charge in [0.15, 0.2) is 0 Å². The molecule has 0 radical (unpaired) electrons. The van der Waals surface area contributed by atoms with Crippen molar-refractivity contribution in [1.29, 1.82) is 0 Å². The fraction of sp³-hybridized carbons (Fsp3) is 0.824. The van der Waals surface area contributed by atoms with Crippen molar-refractivity contribution in [1.82, 2.24) is 20.0 Å². The Hall–Kier alpha value is -0.870. The maximum atomic E-state index is 4.45. The molecule has 1 heterocycles. The highest BCUT2D eigenvalue weighted by Crippen LogP contribution is 2.26. The maximum absolute atomic E-state index is 4.45. The summed E-state index contributed by atoms with van der Waals surface area (Å²) in [6, 6.07) is 1.50. The SMILES string of the molecule is CC(C)n1cc([C@@H](C)NC2CCC(CN(C)C)CC2)cn1. The topological polar surface area (TPSA) is 33.1 Å². The summed E-state index contributed by atoms with van der Waals surface area (Å²) in [5, 5.41) is 8.24. The summed E-state index contributed by atoms with van der Waals surface area (Å²) in [6.45, 7) is 7.83. The van der Waals surface area contributed by atoms with Gasteiger partial charge < -0.3 is 10.2 Å². The zero-order valence-electron chi connectivity index (χ0n) is 14.3. The average molecular weight is 292 g/mol. The third-order valence-corrected chi connectivity index (χ3v) is 4.61. The van der Waals surface area contributed by atoms with Crippen LogP contribution in [0.4, 0.5) is 0 Å². The first-order valence-corrected chi connectivity index (χ1v) is 8.40. The summed E-state index contributed by atoms with van der Waals surface area (Å²) in [5.74, 6) is 0.886. The van der Waals surface area contributed by atoms with E-state index in [2.05, 4.69) is 56.4 Å². The van der Waals surface area contributed by atoms with Crippen molar-refractivity contribution in [3.63, 3.8) is 0 Å². The molecule has 120 valence electrons. The minimum Gasteiger partial charge on any atom is -0.309 e. The Kier molecular flexibility index (Phi) is 5.82. The highest BCUT2D eigenvalue weighted by atomic mass is 15.3. The summed E-state index contributed by atoms with van der Waals surface area (Å²) < 4.78 is 2.04. The molecule has 1 atom stereocenters. The first kappa shape index (κ1) is 16.5. The normalized spacial score (nSPS) is 24.7.